The van der Waals surface area contributed by atoms with Crippen LogP contribution in [-0.4, -0.2) is 66.5 Å². The van der Waals surface area contributed by atoms with E-state index < -0.39 is 0 Å². The summed E-state index contributed by atoms with van der Waals surface area (Å²) in [4.78, 5) is 22.9. The van der Waals surface area contributed by atoms with Gasteiger partial charge in [-0.15, -0.1) is 0 Å². The van der Waals surface area contributed by atoms with Crippen molar-refractivity contribution >= 4 is 11.6 Å². The number of likely N-dealkylation sites (tertiary alicyclic amines) is 2. The van der Waals surface area contributed by atoms with E-state index in [-0.39, 0.29) is 11.2 Å². The molecule has 0 radical (unpaired) electrons. The fraction of sp³-hybridized carbons (Fsp3) is 0.684. The number of hydrogen-bond acceptors (Lipinski definition) is 4. The van der Waals surface area contributed by atoms with E-state index in [1.807, 2.05) is 0 Å². The molecule has 1 spiro atoms. The third-order valence-electron chi connectivity index (χ3n) is 6.42. The first-order chi connectivity index (χ1) is 12.1. The maximum absolute atomic E-state index is 14.0. The van der Waals surface area contributed by atoms with E-state index in [9.17, 15) is 9.18 Å². The molecule has 136 valence electrons. The van der Waals surface area contributed by atoms with Gasteiger partial charge in [0.1, 0.15) is 0 Å². The quantitative estimate of drug-likeness (QED) is 0.823. The molecule has 3 fully saturated rings. The zero-order valence-corrected chi connectivity index (χ0v) is 15.0. The molecule has 3 saturated heterocycles. The van der Waals surface area contributed by atoms with Gasteiger partial charge in [0.2, 0.25) is 5.91 Å². The van der Waals surface area contributed by atoms with Crippen LogP contribution in [0.3, 0.4) is 0 Å². The molecular formula is C19H27FN4O. The predicted molar refractivity (Wildman–Crippen MR) is 94.9 cm³/mol. The number of piperidine rings is 2. The van der Waals surface area contributed by atoms with Crippen molar-refractivity contribution in [1.29, 1.82) is 0 Å². The van der Waals surface area contributed by atoms with Crippen LogP contribution in [0, 0.1) is 11.2 Å². The Kier molecular flexibility index (Phi) is 4.40. The average molecular weight is 346 g/mol. The molecule has 1 aromatic heterocycles. The van der Waals surface area contributed by atoms with Gasteiger partial charge in [0.25, 0.3) is 0 Å². The van der Waals surface area contributed by atoms with E-state index in [4.69, 9.17) is 0 Å². The molecule has 1 amide bonds. The highest BCUT2D eigenvalue weighted by molar-refractivity contribution is 5.77. The van der Waals surface area contributed by atoms with Crippen molar-refractivity contribution in [2.75, 3.05) is 44.7 Å². The zero-order chi connectivity index (χ0) is 17.4. The molecule has 0 unspecified atom stereocenters. The highest BCUT2D eigenvalue weighted by Crippen LogP contribution is 2.42. The summed E-state index contributed by atoms with van der Waals surface area (Å²) < 4.78 is 14.0. The summed E-state index contributed by atoms with van der Waals surface area (Å²) in [7, 11) is 2.13. The minimum Gasteiger partial charge on any atom is -0.369 e. The molecule has 5 nitrogen and oxygen atoms in total. The van der Waals surface area contributed by atoms with Crippen molar-refractivity contribution in [3.8, 4) is 0 Å². The van der Waals surface area contributed by atoms with Crippen LogP contribution in [0.15, 0.2) is 18.5 Å². The fourth-order valence-corrected chi connectivity index (χ4v) is 4.80. The first-order valence-corrected chi connectivity index (χ1v) is 9.39. The van der Waals surface area contributed by atoms with Crippen molar-refractivity contribution < 1.29 is 9.18 Å². The van der Waals surface area contributed by atoms with Crippen molar-refractivity contribution in [2.45, 2.75) is 38.1 Å². The third-order valence-corrected chi connectivity index (χ3v) is 6.42. The van der Waals surface area contributed by atoms with Gasteiger partial charge >= 0.3 is 0 Å². The molecule has 1 atom stereocenters. The Bertz CT molecular complexity index is 644. The number of aromatic nitrogens is 1. The summed E-state index contributed by atoms with van der Waals surface area (Å²) in [5.74, 6) is 0.0847. The van der Waals surface area contributed by atoms with E-state index in [2.05, 4.69) is 26.7 Å². The largest absolute Gasteiger partial charge is 0.369 e. The van der Waals surface area contributed by atoms with Gasteiger partial charge in [-0.25, -0.2) is 4.39 Å². The van der Waals surface area contributed by atoms with Crippen LogP contribution in [0.25, 0.3) is 0 Å². The molecule has 0 aliphatic carbocycles. The second-order valence-corrected chi connectivity index (χ2v) is 8.04. The second-order valence-electron chi connectivity index (χ2n) is 8.04. The second kappa shape index (κ2) is 6.56. The lowest BCUT2D eigenvalue weighted by Gasteiger charge is -2.49. The lowest BCUT2D eigenvalue weighted by Crippen LogP contribution is -2.55. The Hall–Kier alpha value is -1.69. The van der Waals surface area contributed by atoms with Gasteiger partial charge in [0, 0.05) is 44.8 Å². The molecule has 0 aromatic carbocycles. The van der Waals surface area contributed by atoms with Crippen molar-refractivity contribution in [3.05, 3.63) is 24.3 Å². The van der Waals surface area contributed by atoms with Crippen LogP contribution in [-0.2, 0) is 4.79 Å². The van der Waals surface area contributed by atoms with Crippen molar-refractivity contribution in [1.82, 2.24) is 14.8 Å². The SMILES string of the molecule is CN1CC[C@@H](N2CC3(CCC2=O)CCN(c2ccncc2F)CC3)C1. The van der Waals surface area contributed by atoms with Gasteiger partial charge in [-0.05, 0) is 50.8 Å². The molecule has 4 heterocycles. The Morgan fingerprint density at radius 1 is 1.24 bits per heavy atom. The number of hydrogen-bond donors (Lipinski definition) is 0. The molecule has 1 aromatic rings. The number of rotatable bonds is 2. The number of carbonyl (C=O) groups is 1. The number of anilines is 1. The van der Waals surface area contributed by atoms with Crippen LogP contribution >= 0.6 is 0 Å². The number of halogens is 1. The van der Waals surface area contributed by atoms with Gasteiger partial charge in [0.05, 0.1) is 11.9 Å². The Balaban J connectivity index is 1.43. The number of carbonyl (C=O) groups excluding carboxylic acids is 1. The van der Waals surface area contributed by atoms with Crippen LogP contribution in [0.1, 0.15) is 32.1 Å². The van der Waals surface area contributed by atoms with Crippen LogP contribution in [0.4, 0.5) is 10.1 Å². The van der Waals surface area contributed by atoms with Gasteiger partial charge < -0.3 is 14.7 Å². The van der Waals surface area contributed by atoms with Crippen molar-refractivity contribution in [2.24, 2.45) is 5.41 Å². The minimum atomic E-state index is -0.243. The molecule has 6 heteroatoms. The zero-order valence-electron chi connectivity index (χ0n) is 15.0. The predicted octanol–water partition coefficient (Wildman–Crippen LogP) is 2.13. The Morgan fingerprint density at radius 2 is 2.04 bits per heavy atom. The topological polar surface area (TPSA) is 39.7 Å². The van der Waals surface area contributed by atoms with Gasteiger partial charge in [0.15, 0.2) is 5.82 Å². The third kappa shape index (κ3) is 3.24. The molecule has 25 heavy (non-hydrogen) atoms. The molecule has 0 bridgehead atoms. The summed E-state index contributed by atoms with van der Waals surface area (Å²) in [5.41, 5.74) is 0.876. The number of nitrogens with zero attached hydrogens (tertiary/aromatic N) is 4. The van der Waals surface area contributed by atoms with E-state index in [1.54, 1.807) is 12.3 Å². The highest BCUT2D eigenvalue weighted by Gasteiger charge is 2.43. The molecule has 4 rings (SSSR count). The molecule has 3 aliphatic rings. The average Bonchev–Trinajstić information content (AvgIpc) is 3.05. The highest BCUT2D eigenvalue weighted by atomic mass is 19.1. The monoisotopic (exact) mass is 346 g/mol. The maximum Gasteiger partial charge on any atom is 0.222 e. The minimum absolute atomic E-state index is 0.217. The van der Waals surface area contributed by atoms with E-state index >= 15 is 0 Å². The first-order valence-electron chi connectivity index (χ1n) is 9.39. The number of amides is 1. The Morgan fingerprint density at radius 3 is 2.72 bits per heavy atom. The van der Waals surface area contributed by atoms with Crippen LogP contribution in [0.2, 0.25) is 0 Å². The van der Waals surface area contributed by atoms with Gasteiger partial charge in [-0.1, -0.05) is 0 Å². The van der Waals surface area contributed by atoms with Crippen molar-refractivity contribution in [3.63, 3.8) is 0 Å². The lowest BCUT2D eigenvalue weighted by atomic mass is 9.72. The smallest absolute Gasteiger partial charge is 0.222 e. The normalized spacial score (nSPS) is 27.3. The summed E-state index contributed by atoms with van der Waals surface area (Å²) in [6.07, 6.45) is 7.74. The Labute approximate surface area is 148 Å². The van der Waals surface area contributed by atoms with E-state index in [1.165, 1.54) is 6.20 Å². The summed E-state index contributed by atoms with van der Waals surface area (Å²) in [5, 5.41) is 0. The summed E-state index contributed by atoms with van der Waals surface area (Å²) >= 11 is 0. The van der Waals surface area contributed by atoms with E-state index in [0.29, 0.717) is 24.1 Å². The van der Waals surface area contributed by atoms with Crippen LogP contribution in [0.5, 0.6) is 0 Å². The number of likely N-dealkylation sites (N-methyl/N-ethyl adjacent to an activating group) is 1. The van der Waals surface area contributed by atoms with Gasteiger partial charge in [-0.2, -0.15) is 0 Å². The number of pyridine rings is 1. The molecule has 0 N–H and O–H groups in total. The molecular weight excluding hydrogens is 319 g/mol. The molecule has 0 saturated carbocycles. The standard InChI is InChI=1S/C19H27FN4O/c1-22-9-4-15(13-22)24-14-19(5-2-18(24)25)6-10-23(11-7-19)17-3-8-21-12-16(17)20/h3,8,12,15H,2,4-7,9-11,13-14H2,1H3/t15-/m1/s1. The first kappa shape index (κ1) is 16.8. The maximum atomic E-state index is 14.0. The summed E-state index contributed by atoms with van der Waals surface area (Å²) in [6.45, 7) is 4.67. The fourth-order valence-electron chi connectivity index (χ4n) is 4.80. The van der Waals surface area contributed by atoms with Crippen LogP contribution < -0.4 is 4.90 Å². The molecule has 3 aliphatic heterocycles. The van der Waals surface area contributed by atoms with E-state index in [0.717, 1.165) is 58.4 Å². The van der Waals surface area contributed by atoms with Gasteiger partial charge in [-0.3, -0.25) is 9.78 Å². The summed E-state index contributed by atoms with van der Waals surface area (Å²) in [6, 6.07) is 2.14. The lowest BCUT2D eigenvalue weighted by molar-refractivity contribution is -0.141.